The van der Waals surface area contributed by atoms with Gasteiger partial charge in [-0.3, -0.25) is 9.59 Å². The molecule has 2 aliphatic heterocycles. The molecule has 0 bridgehead atoms. The Kier molecular flexibility index (Phi) is 6.94. The number of hydrogen-bond acceptors (Lipinski definition) is 4. The highest BCUT2D eigenvalue weighted by Gasteiger charge is 2.29. The molecule has 2 amide bonds. The van der Waals surface area contributed by atoms with E-state index >= 15 is 0 Å². The first kappa shape index (κ1) is 20.6. The van der Waals surface area contributed by atoms with Gasteiger partial charge in [-0.2, -0.15) is 0 Å². The zero-order chi connectivity index (χ0) is 20.1. The molecule has 0 aromatic heterocycles. The van der Waals surface area contributed by atoms with Crippen molar-refractivity contribution in [1.82, 2.24) is 9.80 Å². The number of anilines is 1. The van der Waals surface area contributed by atoms with Crippen molar-refractivity contribution < 1.29 is 14.3 Å². The molecule has 1 aromatic carbocycles. The number of nitrogens with zero attached hydrogens (tertiary/aromatic N) is 3. The molecular weight excluding hydrogens is 354 g/mol. The molecule has 6 nitrogen and oxygen atoms in total. The fraction of sp³-hybridized carbons (Fsp3) is 0.636. The first-order chi connectivity index (χ1) is 13.5. The molecule has 2 fully saturated rings. The first-order valence-corrected chi connectivity index (χ1v) is 10.4. The molecule has 2 aliphatic rings. The van der Waals surface area contributed by atoms with Gasteiger partial charge in [0.1, 0.15) is 0 Å². The highest BCUT2D eigenvalue weighted by atomic mass is 16.5. The van der Waals surface area contributed by atoms with Gasteiger partial charge in [0.15, 0.2) is 0 Å². The molecule has 6 heteroatoms. The average Bonchev–Trinajstić information content (AvgIpc) is 2.74. The van der Waals surface area contributed by atoms with Crippen LogP contribution in [0.5, 0.6) is 0 Å². The summed E-state index contributed by atoms with van der Waals surface area (Å²) in [7, 11) is 1.88. The summed E-state index contributed by atoms with van der Waals surface area (Å²) in [6.07, 6.45) is 1.52. The van der Waals surface area contributed by atoms with Gasteiger partial charge < -0.3 is 19.4 Å². The summed E-state index contributed by atoms with van der Waals surface area (Å²) in [5, 5.41) is 0. The van der Waals surface area contributed by atoms with Crippen molar-refractivity contribution in [2.45, 2.75) is 33.2 Å². The second kappa shape index (κ2) is 9.41. The van der Waals surface area contributed by atoms with Crippen LogP contribution in [-0.2, 0) is 20.9 Å². The summed E-state index contributed by atoms with van der Waals surface area (Å²) in [5.74, 6) is 0.428. The number of amides is 2. The Labute approximate surface area is 168 Å². The van der Waals surface area contributed by atoms with Crippen LogP contribution < -0.4 is 4.90 Å². The van der Waals surface area contributed by atoms with E-state index in [1.165, 1.54) is 5.69 Å². The lowest BCUT2D eigenvalue weighted by Crippen LogP contribution is -2.44. The third-order valence-corrected chi connectivity index (χ3v) is 5.76. The summed E-state index contributed by atoms with van der Waals surface area (Å²) >= 11 is 0. The molecule has 154 valence electrons. The number of likely N-dealkylation sites (tertiary alicyclic amines) is 1. The lowest BCUT2D eigenvalue weighted by Gasteiger charge is -2.34. The summed E-state index contributed by atoms with van der Waals surface area (Å²) in [5.41, 5.74) is 2.35. The Balaban J connectivity index is 1.49. The standard InChI is InChI=1S/C22H33N3O3/c1-17(2)21(26)25-10-8-19(9-11-25)22(27)23(3)16-18-4-6-20(7-5-18)24-12-14-28-15-13-24/h4-7,17,19H,8-16H2,1-3H3. The van der Waals surface area contributed by atoms with Crippen LogP contribution in [0.4, 0.5) is 5.69 Å². The molecule has 1 aromatic rings. The van der Waals surface area contributed by atoms with E-state index in [-0.39, 0.29) is 23.7 Å². The van der Waals surface area contributed by atoms with Crippen LogP contribution in [0.3, 0.4) is 0 Å². The minimum atomic E-state index is 0.0221. The SMILES string of the molecule is CC(C)C(=O)N1CCC(C(=O)N(C)Cc2ccc(N3CCOCC3)cc2)CC1. The van der Waals surface area contributed by atoms with E-state index < -0.39 is 0 Å². The van der Waals surface area contributed by atoms with Gasteiger partial charge in [-0.25, -0.2) is 0 Å². The predicted molar refractivity (Wildman–Crippen MR) is 110 cm³/mol. The highest BCUT2D eigenvalue weighted by Crippen LogP contribution is 2.22. The molecule has 3 rings (SSSR count). The highest BCUT2D eigenvalue weighted by molar-refractivity contribution is 5.80. The minimum absolute atomic E-state index is 0.0221. The Bertz CT molecular complexity index is 660. The quantitative estimate of drug-likeness (QED) is 0.778. The van der Waals surface area contributed by atoms with Gasteiger partial charge in [0.2, 0.25) is 11.8 Å². The normalized spacial score (nSPS) is 18.4. The number of rotatable bonds is 5. The van der Waals surface area contributed by atoms with E-state index in [0.29, 0.717) is 19.6 Å². The molecule has 0 saturated carbocycles. The van der Waals surface area contributed by atoms with Crippen molar-refractivity contribution in [2.24, 2.45) is 11.8 Å². The first-order valence-electron chi connectivity index (χ1n) is 10.4. The number of benzene rings is 1. The maximum atomic E-state index is 12.8. The van der Waals surface area contributed by atoms with Crippen molar-refractivity contribution in [3.05, 3.63) is 29.8 Å². The molecule has 0 N–H and O–H groups in total. The molecule has 0 aliphatic carbocycles. The van der Waals surface area contributed by atoms with E-state index in [1.807, 2.05) is 30.7 Å². The van der Waals surface area contributed by atoms with Crippen molar-refractivity contribution in [3.63, 3.8) is 0 Å². The zero-order valence-electron chi connectivity index (χ0n) is 17.4. The summed E-state index contributed by atoms with van der Waals surface area (Å²) in [4.78, 5) is 31.0. The fourth-order valence-corrected chi connectivity index (χ4v) is 4.01. The summed E-state index contributed by atoms with van der Waals surface area (Å²) < 4.78 is 5.41. The number of morpholine rings is 1. The number of ether oxygens (including phenoxy) is 1. The molecule has 0 radical (unpaired) electrons. The smallest absolute Gasteiger partial charge is 0.225 e. The number of piperidine rings is 1. The maximum Gasteiger partial charge on any atom is 0.225 e. The summed E-state index contributed by atoms with van der Waals surface area (Å²) in [6, 6.07) is 8.49. The van der Waals surface area contributed by atoms with Gasteiger partial charge in [0.25, 0.3) is 0 Å². The molecule has 0 unspecified atom stereocenters. The molecule has 28 heavy (non-hydrogen) atoms. The van der Waals surface area contributed by atoms with Gasteiger partial charge >= 0.3 is 0 Å². The Morgan fingerprint density at radius 2 is 1.68 bits per heavy atom. The molecule has 2 heterocycles. The largest absolute Gasteiger partial charge is 0.378 e. The van der Waals surface area contributed by atoms with E-state index in [1.54, 1.807) is 0 Å². The lowest BCUT2D eigenvalue weighted by atomic mass is 9.94. The monoisotopic (exact) mass is 387 g/mol. The van der Waals surface area contributed by atoms with Crippen LogP contribution in [0, 0.1) is 11.8 Å². The third-order valence-electron chi connectivity index (χ3n) is 5.76. The number of carbonyl (C=O) groups is 2. The molecule has 0 spiro atoms. The molecule has 2 saturated heterocycles. The minimum Gasteiger partial charge on any atom is -0.378 e. The Morgan fingerprint density at radius 1 is 1.07 bits per heavy atom. The average molecular weight is 388 g/mol. The van der Waals surface area contributed by atoms with Gasteiger partial charge in [-0.1, -0.05) is 26.0 Å². The van der Waals surface area contributed by atoms with Crippen LogP contribution in [0.15, 0.2) is 24.3 Å². The van der Waals surface area contributed by atoms with Crippen LogP contribution in [0.25, 0.3) is 0 Å². The Morgan fingerprint density at radius 3 is 2.25 bits per heavy atom. The van der Waals surface area contributed by atoms with Crippen molar-refractivity contribution in [2.75, 3.05) is 51.3 Å². The van der Waals surface area contributed by atoms with Gasteiger partial charge in [0, 0.05) is 57.3 Å². The molecular formula is C22H33N3O3. The number of hydrogen-bond donors (Lipinski definition) is 0. The zero-order valence-corrected chi connectivity index (χ0v) is 17.4. The van der Waals surface area contributed by atoms with Crippen molar-refractivity contribution in [1.29, 1.82) is 0 Å². The van der Waals surface area contributed by atoms with Crippen LogP contribution in [-0.4, -0.2) is 68.1 Å². The second-order valence-corrected chi connectivity index (χ2v) is 8.21. The Hall–Kier alpha value is -2.08. The fourth-order valence-electron chi connectivity index (χ4n) is 4.01. The summed E-state index contributed by atoms with van der Waals surface area (Å²) in [6.45, 7) is 9.26. The van der Waals surface area contributed by atoms with Gasteiger partial charge in [0.05, 0.1) is 13.2 Å². The van der Waals surface area contributed by atoms with Crippen LogP contribution >= 0.6 is 0 Å². The third kappa shape index (κ3) is 5.04. The topological polar surface area (TPSA) is 53.1 Å². The maximum absolute atomic E-state index is 12.8. The van der Waals surface area contributed by atoms with Crippen molar-refractivity contribution >= 4 is 17.5 Å². The predicted octanol–water partition coefficient (Wildman–Crippen LogP) is 2.38. The van der Waals surface area contributed by atoms with Gasteiger partial charge in [-0.05, 0) is 30.5 Å². The van der Waals surface area contributed by atoms with Crippen molar-refractivity contribution in [3.8, 4) is 0 Å². The second-order valence-electron chi connectivity index (χ2n) is 8.21. The lowest BCUT2D eigenvalue weighted by molar-refractivity contribution is -0.141. The molecule has 0 atom stereocenters. The van der Waals surface area contributed by atoms with Crippen LogP contribution in [0.2, 0.25) is 0 Å². The van der Waals surface area contributed by atoms with E-state index in [2.05, 4.69) is 29.2 Å². The van der Waals surface area contributed by atoms with E-state index in [9.17, 15) is 9.59 Å². The van der Waals surface area contributed by atoms with E-state index in [0.717, 1.165) is 44.7 Å². The van der Waals surface area contributed by atoms with E-state index in [4.69, 9.17) is 4.74 Å². The van der Waals surface area contributed by atoms with Gasteiger partial charge in [-0.15, -0.1) is 0 Å². The number of carbonyl (C=O) groups excluding carboxylic acids is 2. The van der Waals surface area contributed by atoms with Crippen LogP contribution in [0.1, 0.15) is 32.3 Å².